The van der Waals surface area contributed by atoms with E-state index in [1.165, 1.54) is 11.8 Å². The Morgan fingerprint density at radius 2 is 1.41 bits per heavy atom. The number of rotatable bonds is 2. The molecule has 0 aliphatic heterocycles. The number of benzene rings is 2. The van der Waals surface area contributed by atoms with Gasteiger partial charge >= 0.3 is 0 Å². The van der Waals surface area contributed by atoms with E-state index in [1.54, 1.807) is 0 Å². The number of nitrogens with zero attached hydrogens (tertiary/aromatic N) is 1. The maximum Gasteiger partial charge on any atom is 0.0112 e. The van der Waals surface area contributed by atoms with Gasteiger partial charge in [0.15, 0.2) is 0 Å². The molecule has 0 saturated heterocycles. The molecule has 0 aromatic heterocycles. The van der Waals surface area contributed by atoms with Crippen LogP contribution < -0.4 is 0 Å². The van der Waals surface area contributed by atoms with E-state index in [1.807, 2.05) is 60.7 Å². The molecule has 0 N–H and O–H groups in total. The zero-order valence-electron chi connectivity index (χ0n) is 8.95. The molecule has 1 nitrogen and oxygen atoms in total. The molecule has 0 radical (unpaired) electrons. The molecular weight excluding hydrogens is 330 g/mol. The van der Waals surface area contributed by atoms with Gasteiger partial charge in [0, 0.05) is 26.0 Å². The minimum absolute atomic E-state index is 0. The monoisotopic (exact) mass is 342 g/mol. The van der Waals surface area contributed by atoms with Gasteiger partial charge in [0.25, 0.3) is 0 Å². The van der Waals surface area contributed by atoms with E-state index in [4.69, 9.17) is 12.2 Å². The second kappa shape index (κ2) is 7.65. The molecule has 0 heterocycles. The van der Waals surface area contributed by atoms with Crippen molar-refractivity contribution < 1.29 is 21.1 Å². The second-order valence-electron chi connectivity index (χ2n) is 3.13. The maximum absolute atomic E-state index is 5.21. The molecule has 0 atom stereocenters. The topological polar surface area (TPSA) is 14.1 Å². The SMILES string of the molecule is S=C([N-]c1ccccc1)Sc1ccccc1.[Mo]. The molecule has 17 heavy (non-hydrogen) atoms. The smallest absolute Gasteiger partial charge is 0.0112 e. The van der Waals surface area contributed by atoms with Gasteiger partial charge in [-0.05, 0) is 16.5 Å². The van der Waals surface area contributed by atoms with Gasteiger partial charge < -0.3 is 5.32 Å². The predicted molar refractivity (Wildman–Crippen MR) is 74.4 cm³/mol. The summed E-state index contributed by atoms with van der Waals surface area (Å²) < 4.78 is 0.636. The molecule has 86 valence electrons. The van der Waals surface area contributed by atoms with E-state index >= 15 is 0 Å². The van der Waals surface area contributed by atoms with Crippen LogP contribution in [0, 0.1) is 0 Å². The molecule has 0 saturated carbocycles. The van der Waals surface area contributed by atoms with E-state index in [0.29, 0.717) is 4.32 Å². The van der Waals surface area contributed by atoms with Gasteiger partial charge in [-0.25, -0.2) is 0 Å². The second-order valence-corrected chi connectivity index (χ2v) is 4.84. The molecule has 4 heteroatoms. The average molecular weight is 340 g/mol. The van der Waals surface area contributed by atoms with Crippen LogP contribution in [0.2, 0.25) is 0 Å². The van der Waals surface area contributed by atoms with Gasteiger partial charge in [0.05, 0.1) is 0 Å². The van der Waals surface area contributed by atoms with Crippen molar-refractivity contribution in [2.24, 2.45) is 0 Å². The van der Waals surface area contributed by atoms with E-state index in [2.05, 4.69) is 5.32 Å². The van der Waals surface area contributed by atoms with E-state index < -0.39 is 0 Å². The number of thioether (sulfide) groups is 1. The summed E-state index contributed by atoms with van der Waals surface area (Å²) in [5.41, 5.74) is 0.899. The molecule has 0 unspecified atom stereocenters. The third-order valence-corrected chi connectivity index (χ3v) is 3.04. The number of hydrogen-bond donors (Lipinski definition) is 0. The molecule has 0 aliphatic rings. The van der Waals surface area contributed by atoms with Crippen LogP contribution in [0.3, 0.4) is 0 Å². The predicted octanol–water partition coefficient (Wildman–Crippen LogP) is 4.77. The first kappa shape index (κ1) is 14.4. The van der Waals surface area contributed by atoms with E-state index in [0.717, 1.165) is 10.6 Å². The van der Waals surface area contributed by atoms with Gasteiger partial charge in [-0.1, -0.05) is 60.7 Å². The molecular formula is C13H10MoNS2-. The Morgan fingerprint density at radius 3 is 2.00 bits per heavy atom. The van der Waals surface area contributed by atoms with Crippen molar-refractivity contribution >= 4 is 34.0 Å². The van der Waals surface area contributed by atoms with Gasteiger partial charge in [-0.2, -0.15) is 0 Å². The molecule has 2 aromatic rings. The fourth-order valence-corrected chi connectivity index (χ4v) is 2.26. The van der Waals surface area contributed by atoms with Crippen molar-refractivity contribution in [3.05, 3.63) is 66.0 Å². The van der Waals surface area contributed by atoms with Crippen LogP contribution in [0.25, 0.3) is 5.32 Å². The normalized spacial score (nSPS) is 9.18. The van der Waals surface area contributed by atoms with Crippen molar-refractivity contribution in [3.8, 4) is 0 Å². The van der Waals surface area contributed by atoms with Gasteiger partial charge in [-0.15, -0.1) is 17.4 Å². The molecule has 0 spiro atoms. The maximum atomic E-state index is 5.21. The first-order valence-corrected chi connectivity index (χ1v) is 6.11. The Hall–Kier alpha value is -0.632. The Kier molecular flexibility index (Phi) is 6.49. The molecule has 0 aliphatic carbocycles. The van der Waals surface area contributed by atoms with Crippen molar-refractivity contribution in [3.63, 3.8) is 0 Å². The molecule has 0 amide bonds. The van der Waals surface area contributed by atoms with E-state index in [-0.39, 0.29) is 21.1 Å². The zero-order chi connectivity index (χ0) is 11.2. The Labute approximate surface area is 125 Å². The van der Waals surface area contributed by atoms with Gasteiger partial charge in [0.2, 0.25) is 0 Å². The Morgan fingerprint density at radius 1 is 0.882 bits per heavy atom. The molecule has 2 rings (SSSR count). The zero-order valence-corrected chi connectivity index (χ0v) is 12.6. The summed E-state index contributed by atoms with van der Waals surface area (Å²) in [6, 6.07) is 19.8. The fraction of sp³-hybridized carbons (Fsp3) is 0. The first-order chi connectivity index (χ1) is 7.84. The van der Waals surface area contributed by atoms with Gasteiger partial charge in [-0.3, -0.25) is 0 Å². The van der Waals surface area contributed by atoms with Crippen molar-refractivity contribution in [2.75, 3.05) is 0 Å². The summed E-state index contributed by atoms with van der Waals surface area (Å²) in [6.07, 6.45) is 0. The van der Waals surface area contributed by atoms with Crippen molar-refractivity contribution in [2.45, 2.75) is 4.90 Å². The number of thiocarbonyl (C=S) groups is 1. The van der Waals surface area contributed by atoms with Crippen LogP contribution >= 0.6 is 24.0 Å². The number of hydrogen-bond acceptors (Lipinski definition) is 2. The summed E-state index contributed by atoms with van der Waals surface area (Å²) in [4.78, 5) is 1.12. The summed E-state index contributed by atoms with van der Waals surface area (Å²) in [5, 5.41) is 4.35. The third kappa shape index (κ3) is 5.03. The van der Waals surface area contributed by atoms with Crippen LogP contribution in [0.4, 0.5) is 5.69 Å². The Bertz CT molecular complexity index is 416. The number of para-hydroxylation sites is 1. The van der Waals surface area contributed by atoms with Gasteiger partial charge in [0.1, 0.15) is 0 Å². The molecule has 0 fully saturated rings. The quantitative estimate of drug-likeness (QED) is 0.444. The van der Waals surface area contributed by atoms with Crippen LogP contribution in [0.15, 0.2) is 65.6 Å². The third-order valence-electron chi connectivity index (χ3n) is 1.92. The summed E-state index contributed by atoms with van der Waals surface area (Å²) >= 11 is 6.72. The minimum atomic E-state index is 0. The summed E-state index contributed by atoms with van der Waals surface area (Å²) in [5.74, 6) is 0. The summed E-state index contributed by atoms with van der Waals surface area (Å²) in [7, 11) is 0. The average Bonchev–Trinajstić information content (AvgIpc) is 2.31. The Balaban J connectivity index is 0.00000144. The van der Waals surface area contributed by atoms with Crippen LogP contribution in [0.5, 0.6) is 0 Å². The standard InChI is InChI=1S/C13H11NS2.Mo/c15-13(14-11-7-3-1-4-8-11)16-12-9-5-2-6-10-12;/h1-10H,(H,14,15);/p-1. The van der Waals surface area contributed by atoms with Crippen molar-refractivity contribution in [1.29, 1.82) is 0 Å². The molecule has 2 aromatic carbocycles. The first-order valence-electron chi connectivity index (χ1n) is 4.88. The van der Waals surface area contributed by atoms with Crippen molar-refractivity contribution in [1.82, 2.24) is 0 Å². The fourth-order valence-electron chi connectivity index (χ4n) is 1.22. The van der Waals surface area contributed by atoms with Crippen LogP contribution in [-0.2, 0) is 21.1 Å². The largest absolute Gasteiger partial charge is 0.643 e. The minimum Gasteiger partial charge on any atom is -0.643 e. The summed E-state index contributed by atoms with van der Waals surface area (Å²) in [6.45, 7) is 0. The van der Waals surface area contributed by atoms with E-state index in [9.17, 15) is 0 Å². The van der Waals surface area contributed by atoms with Crippen LogP contribution in [-0.4, -0.2) is 4.32 Å². The van der Waals surface area contributed by atoms with Crippen LogP contribution in [0.1, 0.15) is 0 Å². The molecule has 0 bridgehead atoms.